The van der Waals surface area contributed by atoms with Crippen molar-refractivity contribution in [2.24, 2.45) is 0 Å². The number of nitrogens with zero attached hydrogens (tertiary/aromatic N) is 1. The molecule has 0 aromatic heterocycles. The lowest BCUT2D eigenvalue weighted by Crippen LogP contribution is -2.28. The maximum Gasteiger partial charge on any atom is 0.251 e. The average molecular weight is 265 g/mol. The van der Waals surface area contributed by atoms with Gasteiger partial charge in [0, 0.05) is 24.3 Å². The van der Waals surface area contributed by atoms with Gasteiger partial charge in [-0.25, -0.2) is 0 Å². The zero-order valence-corrected chi connectivity index (χ0v) is 11.9. The highest BCUT2D eigenvalue weighted by Crippen LogP contribution is 2.12. The summed E-state index contributed by atoms with van der Waals surface area (Å²) in [5.74, 6) is -0.122. The minimum atomic E-state index is -0.122. The van der Waals surface area contributed by atoms with Crippen LogP contribution in [0.1, 0.15) is 15.9 Å². The number of carbonyl (C=O) groups is 1. The van der Waals surface area contributed by atoms with Gasteiger partial charge in [-0.05, 0) is 38.7 Å². The third-order valence-electron chi connectivity index (χ3n) is 2.76. The van der Waals surface area contributed by atoms with Gasteiger partial charge in [0.25, 0.3) is 5.91 Å². The first kappa shape index (κ1) is 15.5. The monoisotopic (exact) mass is 265 g/mol. The smallest absolute Gasteiger partial charge is 0.251 e. The van der Waals surface area contributed by atoms with Gasteiger partial charge in [-0.15, -0.1) is 0 Å². The summed E-state index contributed by atoms with van der Waals surface area (Å²) in [5.41, 5.74) is 7.96. The molecule has 3 N–H and O–H groups in total. The molecule has 0 unspecified atom stereocenters. The van der Waals surface area contributed by atoms with Crippen LogP contribution in [-0.4, -0.2) is 51.2 Å². The van der Waals surface area contributed by atoms with Crippen LogP contribution in [0.2, 0.25) is 0 Å². The molecule has 5 heteroatoms. The third-order valence-corrected chi connectivity index (χ3v) is 2.76. The van der Waals surface area contributed by atoms with Gasteiger partial charge in [0.05, 0.1) is 13.2 Å². The number of amides is 1. The Labute approximate surface area is 114 Å². The van der Waals surface area contributed by atoms with Crippen LogP contribution in [-0.2, 0) is 4.74 Å². The van der Waals surface area contributed by atoms with Gasteiger partial charge in [0.1, 0.15) is 0 Å². The number of aryl methyl sites for hydroxylation is 1. The Morgan fingerprint density at radius 2 is 2.11 bits per heavy atom. The molecule has 0 saturated carbocycles. The summed E-state index contributed by atoms with van der Waals surface area (Å²) in [6, 6.07) is 5.31. The van der Waals surface area contributed by atoms with Gasteiger partial charge in [0.15, 0.2) is 0 Å². The molecule has 0 radical (unpaired) electrons. The summed E-state index contributed by atoms with van der Waals surface area (Å²) in [4.78, 5) is 13.9. The van der Waals surface area contributed by atoms with E-state index in [1.54, 1.807) is 12.1 Å². The number of hydrogen-bond acceptors (Lipinski definition) is 4. The van der Waals surface area contributed by atoms with Crippen LogP contribution >= 0.6 is 0 Å². The number of rotatable bonds is 7. The third kappa shape index (κ3) is 5.72. The second-order valence-corrected chi connectivity index (χ2v) is 4.74. The number of carbonyl (C=O) groups excluding carboxylic acids is 1. The molecular weight excluding hydrogens is 242 g/mol. The molecule has 0 heterocycles. The molecule has 1 rings (SSSR count). The summed E-state index contributed by atoms with van der Waals surface area (Å²) < 4.78 is 5.39. The minimum Gasteiger partial charge on any atom is -0.398 e. The summed E-state index contributed by atoms with van der Waals surface area (Å²) in [6.45, 7) is 4.47. The highest BCUT2D eigenvalue weighted by Gasteiger charge is 2.05. The van der Waals surface area contributed by atoms with Crippen molar-refractivity contribution in [1.82, 2.24) is 10.2 Å². The van der Waals surface area contributed by atoms with Gasteiger partial charge >= 0.3 is 0 Å². The van der Waals surface area contributed by atoms with E-state index in [9.17, 15) is 4.79 Å². The Kier molecular flexibility index (Phi) is 6.32. The molecule has 0 atom stereocenters. The number of hydrogen-bond donors (Lipinski definition) is 2. The van der Waals surface area contributed by atoms with Crippen molar-refractivity contribution >= 4 is 11.6 Å². The predicted octanol–water partition coefficient (Wildman–Crippen LogP) is 0.885. The zero-order valence-electron chi connectivity index (χ0n) is 11.9. The van der Waals surface area contributed by atoms with Gasteiger partial charge < -0.3 is 20.7 Å². The molecule has 0 aliphatic heterocycles. The van der Waals surface area contributed by atoms with Crippen LogP contribution in [0.5, 0.6) is 0 Å². The standard InChI is InChI=1S/C14H23N3O2/c1-11-4-5-12(10-13(11)15)14(18)16-6-8-19-9-7-17(2)3/h4-5,10H,6-9,15H2,1-3H3,(H,16,18). The van der Waals surface area contributed by atoms with Gasteiger partial charge in [-0.3, -0.25) is 4.79 Å². The van der Waals surface area contributed by atoms with Crippen molar-refractivity contribution in [3.63, 3.8) is 0 Å². The van der Waals surface area contributed by atoms with Crippen LogP contribution in [0.4, 0.5) is 5.69 Å². The number of ether oxygens (including phenoxy) is 1. The predicted molar refractivity (Wildman–Crippen MR) is 77.3 cm³/mol. The maximum absolute atomic E-state index is 11.8. The first-order chi connectivity index (χ1) is 9.00. The van der Waals surface area contributed by atoms with E-state index in [1.165, 1.54) is 0 Å². The van der Waals surface area contributed by atoms with Crippen LogP contribution in [0.3, 0.4) is 0 Å². The summed E-state index contributed by atoms with van der Waals surface area (Å²) >= 11 is 0. The van der Waals surface area contributed by atoms with Gasteiger partial charge in [-0.2, -0.15) is 0 Å². The molecule has 5 nitrogen and oxygen atoms in total. The molecule has 19 heavy (non-hydrogen) atoms. The molecule has 0 aliphatic carbocycles. The fraction of sp³-hybridized carbons (Fsp3) is 0.500. The van der Waals surface area contributed by atoms with Crippen LogP contribution in [0, 0.1) is 6.92 Å². The molecular formula is C14H23N3O2. The number of nitrogens with one attached hydrogen (secondary N) is 1. The molecule has 1 amide bonds. The van der Waals surface area contributed by atoms with Gasteiger partial charge in [0.2, 0.25) is 0 Å². The summed E-state index contributed by atoms with van der Waals surface area (Å²) in [5, 5.41) is 2.80. The van der Waals surface area contributed by atoms with Crippen molar-refractivity contribution in [2.45, 2.75) is 6.92 Å². The molecule has 1 aromatic rings. The van der Waals surface area contributed by atoms with Crippen molar-refractivity contribution < 1.29 is 9.53 Å². The van der Waals surface area contributed by atoms with Crippen LogP contribution in [0.25, 0.3) is 0 Å². The second-order valence-electron chi connectivity index (χ2n) is 4.74. The van der Waals surface area contributed by atoms with Crippen molar-refractivity contribution in [3.05, 3.63) is 29.3 Å². The van der Waals surface area contributed by atoms with Crippen LogP contribution in [0.15, 0.2) is 18.2 Å². The molecule has 0 spiro atoms. The lowest BCUT2D eigenvalue weighted by atomic mass is 10.1. The largest absolute Gasteiger partial charge is 0.398 e. The lowest BCUT2D eigenvalue weighted by Gasteiger charge is -2.10. The van der Waals surface area contributed by atoms with E-state index in [4.69, 9.17) is 10.5 Å². The Hall–Kier alpha value is -1.59. The highest BCUT2D eigenvalue weighted by molar-refractivity contribution is 5.95. The molecule has 0 bridgehead atoms. The average Bonchev–Trinajstić information content (AvgIpc) is 2.36. The van der Waals surface area contributed by atoms with Crippen molar-refractivity contribution in [1.29, 1.82) is 0 Å². The molecule has 106 valence electrons. The highest BCUT2D eigenvalue weighted by atomic mass is 16.5. The number of benzene rings is 1. The zero-order chi connectivity index (χ0) is 14.3. The molecule has 0 saturated heterocycles. The Morgan fingerprint density at radius 1 is 1.37 bits per heavy atom. The Morgan fingerprint density at radius 3 is 2.74 bits per heavy atom. The van der Waals surface area contributed by atoms with E-state index in [1.807, 2.05) is 32.0 Å². The fourth-order valence-corrected chi connectivity index (χ4v) is 1.47. The van der Waals surface area contributed by atoms with E-state index in [0.717, 1.165) is 12.1 Å². The first-order valence-corrected chi connectivity index (χ1v) is 6.37. The lowest BCUT2D eigenvalue weighted by molar-refractivity contribution is 0.0900. The van der Waals surface area contributed by atoms with E-state index in [0.29, 0.717) is 31.0 Å². The first-order valence-electron chi connectivity index (χ1n) is 6.37. The number of nitrogen functional groups attached to an aromatic ring is 1. The fourth-order valence-electron chi connectivity index (χ4n) is 1.47. The molecule has 0 aliphatic rings. The van der Waals surface area contributed by atoms with Gasteiger partial charge in [-0.1, -0.05) is 6.07 Å². The SMILES string of the molecule is Cc1ccc(C(=O)NCCOCCN(C)C)cc1N. The molecule has 1 aromatic carbocycles. The van der Waals surface area contributed by atoms with Crippen molar-refractivity contribution in [2.75, 3.05) is 46.1 Å². The van der Waals surface area contributed by atoms with E-state index >= 15 is 0 Å². The normalized spacial score (nSPS) is 10.7. The summed E-state index contributed by atoms with van der Waals surface area (Å²) in [6.07, 6.45) is 0. The quantitative estimate of drug-likeness (QED) is 0.567. The maximum atomic E-state index is 11.8. The van der Waals surface area contributed by atoms with Crippen LogP contribution < -0.4 is 11.1 Å². The van der Waals surface area contributed by atoms with E-state index in [2.05, 4.69) is 5.32 Å². The minimum absolute atomic E-state index is 0.122. The Bertz CT molecular complexity index is 419. The van der Waals surface area contributed by atoms with E-state index in [-0.39, 0.29) is 5.91 Å². The van der Waals surface area contributed by atoms with Crippen molar-refractivity contribution in [3.8, 4) is 0 Å². The number of anilines is 1. The number of nitrogens with two attached hydrogens (primary N) is 1. The topological polar surface area (TPSA) is 67.6 Å². The molecule has 0 fully saturated rings. The van der Waals surface area contributed by atoms with E-state index < -0.39 is 0 Å². The number of likely N-dealkylation sites (N-methyl/N-ethyl adjacent to an activating group) is 1. The Balaban J connectivity index is 2.26. The summed E-state index contributed by atoms with van der Waals surface area (Å²) in [7, 11) is 3.99. The second kappa shape index (κ2) is 7.76.